The van der Waals surface area contributed by atoms with Gasteiger partial charge >= 0.3 is 0 Å². The van der Waals surface area contributed by atoms with E-state index in [9.17, 15) is 0 Å². The summed E-state index contributed by atoms with van der Waals surface area (Å²) < 4.78 is 0. The molecule has 2 heteroatoms. The van der Waals surface area contributed by atoms with Crippen LogP contribution in [0.1, 0.15) is 25.3 Å². The van der Waals surface area contributed by atoms with Gasteiger partial charge in [0.15, 0.2) is 0 Å². The van der Waals surface area contributed by atoms with E-state index in [0.717, 1.165) is 11.9 Å². The first kappa shape index (κ1) is 15.9. The van der Waals surface area contributed by atoms with Crippen LogP contribution in [0.15, 0.2) is 54.7 Å². The smallest absolute Gasteiger partial charge is 0.0791 e. The Labute approximate surface area is 149 Å². The zero-order valence-corrected chi connectivity index (χ0v) is 15.2. The maximum atomic E-state index is 4.89. The first-order valence-electron chi connectivity index (χ1n) is 9.10. The van der Waals surface area contributed by atoms with Crippen LogP contribution in [0.3, 0.4) is 0 Å². The summed E-state index contributed by atoms with van der Waals surface area (Å²) in [5.74, 6) is 0. The third kappa shape index (κ3) is 2.53. The third-order valence-corrected chi connectivity index (χ3v) is 5.05. The lowest BCUT2D eigenvalue weighted by Gasteiger charge is -2.23. The van der Waals surface area contributed by atoms with E-state index in [-0.39, 0.29) is 0 Å². The lowest BCUT2D eigenvalue weighted by atomic mass is 9.91. The first-order valence-corrected chi connectivity index (χ1v) is 9.10. The summed E-state index contributed by atoms with van der Waals surface area (Å²) in [5.41, 5.74) is 3.91. The molecule has 0 atom stereocenters. The fourth-order valence-corrected chi connectivity index (χ4v) is 3.96. The quantitative estimate of drug-likeness (QED) is 0.430. The van der Waals surface area contributed by atoms with E-state index >= 15 is 0 Å². The molecule has 1 heterocycles. The van der Waals surface area contributed by atoms with Crippen LogP contribution in [0, 0.1) is 0 Å². The molecule has 25 heavy (non-hydrogen) atoms. The molecule has 0 fully saturated rings. The van der Waals surface area contributed by atoms with Crippen molar-refractivity contribution >= 4 is 38.1 Å². The maximum absolute atomic E-state index is 4.89. The number of unbranched alkanes of at least 4 members (excludes halogenated alkanes) is 1. The molecule has 0 aliphatic heterocycles. The molecule has 0 aliphatic rings. The number of fused-ring (bicyclic) bond motifs is 5. The Hall–Kier alpha value is -2.61. The van der Waals surface area contributed by atoms with E-state index in [1.165, 1.54) is 51.0 Å². The van der Waals surface area contributed by atoms with Gasteiger partial charge in [-0.3, -0.25) is 4.98 Å². The molecule has 0 spiro atoms. The molecule has 0 unspecified atom stereocenters. The number of rotatable bonds is 4. The summed E-state index contributed by atoms with van der Waals surface area (Å²) in [6.07, 6.45) is 5.49. The van der Waals surface area contributed by atoms with Gasteiger partial charge in [-0.05, 0) is 23.8 Å². The highest BCUT2D eigenvalue weighted by molar-refractivity contribution is 6.20. The van der Waals surface area contributed by atoms with Crippen LogP contribution >= 0.6 is 0 Å². The average molecular weight is 328 g/mol. The second kappa shape index (κ2) is 6.36. The lowest BCUT2D eigenvalue weighted by molar-refractivity contribution is 0.798. The van der Waals surface area contributed by atoms with Gasteiger partial charge in [0.05, 0.1) is 5.52 Å². The fraction of sp³-hybridized carbons (Fsp3) is 0.261. The van der Waals surface area contributed by atoms with Crippen LogP contribution in [-0.4, -0.2) is 19.1 Å². The maximum Gasteiger partial charge on any atom is 0.0791 e. The molecular formula is C23H24N2. The predicted octanol–water partition coefficient (Wildman–Crippen LogP) is 5.95. The van der Waals surface area contributed by atoms with E-state index in [4.69, 9.17) is 4.98 Å². The van der Waals surface area contributed by atoms with Gasteiger partial charge in [0, 0.05) is 47.5 Å². The number of aromatic nitrogens is 1. The Bertz CT molecular complexity index is 1060. The van der Waals surface area contributed by atoms with Gasteiger partial charge in [0.25, 0.3) is 0 Å². The summed E-state index contributed by atoms with van der Waals surface area (Å²) in [4.78, 5) is 7.16. The molecule has 4 rings (SSSR count). The highest BCUT2D eigenvalue weighted by atomic mass is 15.1. The number of hydrogen-bond donors (Lipinski definition) is 0. The van der Waals surface area contributed by atoms with Gasteiger partial charge < -0.3 is 4.90 Å². The molecule has 1 aromatic heterocycles. The van der Waals surface area contributed by atoms with Gasteiger partial charge in [-0.2, -0.15) is 0 Å². The van der Waals surface area contributed by atoms with Crippen LogP contribution in [-0.2, 0) is 6.42 Å². The highest BCUT2D eigenvalue weighted by Gasteiger charge is 2.18. The van der Waals surface area contributed by atoms with Crippen molar-refractivity contribution in [3.05, 3.63) is 60.3 Å². The van der Waals surface area contributed by atoms with Gasteiger partial charge in [0.1, 0.15) is 0 Å². The molecule has 0 bridgehead atoms. The molecule has 0 saturated carbocycles. The number of benzene rings is 3. The molecule has 0 N–H and O–H groups in total. The van der Waals surface area contributed by atoms with Gasteiger partial charge in [-0.25, -0.2) is 0 Å². The van der Waals surface area contributed by atoms with Crippen molar-refractivity contribution < 1.29 is 0 Å². The van der Waals surface area contributed by atoms with E-state index in [1.807, 2.05) is 6.20 Å². The molecule has 0 amide bonds. The SMILES string of the molecule is CCCCc1c(N(C)C)c2ccccc2c2ncc3ccccc3c12. The number of hydrogen-bond acceptors (Lipinski definition) is 2. The summed E-state index contributed by atoms with van der Waals surface area (Å²) in [6.45, 7) is 2.26. The van der Waals surface area contributed by atoms with Crippen molar-refractivity contribution in [3.63, 3.8) is 0 Å². The van der Waals surface area contributed by atoms with Crippen molar-refractivity contribution in [1.82, 2.24) is 4.98 Å². The van der Waals surface area contributed by atoms with Crippen molar-refractivity contribution in [2.75, 3.05) is 19.0 Å². The van der Waals surface area contributed by atoms with Gasteiger partial charge in [-0.1, -0.05) is 61.9 Å². The number of anilines is 1. The van der Waals surface area contributed by atoms with E-state index in [2.05, 4.69) is 74.4 Å². The summed E-state index contributed by atoms with van der Waals surface area (Å²) in [5, 5.41) is 6.40. The van der Waals surface area contributed by atoms with Crippen molar-refractivity contribution in [3.8, 4) is 0 Å². The summed E-state index contributed by atoms with van der Waals surface area (Å²) in [6, 6.07) is 17.3. The molecule has 3 aromatic carbocycles. The predicted molar refractivity (Wildman–Crippen MR) is 110 cm³/mol. The molecular weight excluding hydrogens is 304 g/mol. The topological polar surface area (TPSA) is 16.1 Å². The number of pyridine rings is 1. The molecule has 4 aromatic rings. The zero-order valence-electron chi connectivity index (χ0n) is 15.2. The number of nitrogens with zero attached hydrogens (tertiary/aromatic N) is 2. The average Bonchev–Trinajstić information content (AvgIpc) is 2.65. The third-order valence-electron chi connectivity index (χ3n) is 5.05. The minimum atomic E-state index is 1.08. The van der Waals surface area contributed by atoms with E-state index in [1.54, 1.807) is 0 Å². The molecule has 0 radical (unpaired) electrons. The molecule has 0 saturated heterocycles. The number of aryl methyl sites for hydroxylation is 1. The van der Waals surface area contributed by atoms with Crippen LogP contribution in [0.2, 0.25) is 0 Å². The summed E-state index contributed by atoms with van der Waals surface area (Å²) >= 11 is 0. The minimum absolute atomic E-state index is 1.08. The Kier molecular flexibility index (Phi) is 4.04. The fourth-order valence-electron chi connectivity index (χ4n) is 3.96. The van der Waals surface area contributed by atoms with E-state index in [0.29, 0.717) is 0 Å². The van der Waals surface area contributed by atoms with Crippen molar-refractivity contribution in [2.24, 2.45) is 0 Å². The zero-order chi connectivity index (χ0) is 17.4. The second-order valence-electron chi connectivity index (χ2n) is 6.94. The van der Waals surface area contributed by atoms with Gasteiger partial charge in [-0.15, -0.1) is 0 Å². The Balaban J connectivity index is 2.26. The second-order valence-corrected chi connectivity index (χ2v) is 6.94. The van der Waals surface area contributed by atoms with Crippen LogP contribution in [0.4, 0.5) is 5.69 Å². The van der Waals surface area contributed by atoms with Crippen LogP contribution < -0.4 is 4.90 Å². The van der Waals surface area contributed by atoms with Crippen molar-refractivity contribution in [1.29, 1.82) is 0 Å². The first-order chi connectivity index (χ1) is 12.2. The van der Waals surface area contributed by atoms with Gasteiger partial charge in [0.2, 0.25) is 0 Å². The summed E-state index contributed by atoms with van der Waals surface area (Å²) in [7, 11) is 4.31. The molecule has 2 nitrogen and oxygen atoms in total. The Morgan fingerprint density at radius 1 is 0.880 bits per heavy atom. The van der Waals surface area contributed by atoms with Crippen molar-refractivity contribution in [2.45, 2.75) is 26.2 Å². The Morgan fingerprint density at radius 2 is 1.56 bits per heavy atom. The van der Waals surface area contributed by atoms with E-state index < -0.39 is 0 Å². The standard InChI is InChI=1S/C23H24N2/c1-4-5-11-20-21-17-12-7-6-10-16(17)15-24-22(21)18-13-8-9-14-19(18)23(20)25(2)3/h6-10,12-15H,4-5,11H2,1-3H3. The molecule has 0 aliphatic carbocycles. The monoisotopic (exact) mass is 328 g/mol. The molecule has 126 valence electrons. The highest BCUT2D eigenvalue weighted by Crippen LogP contribution is 2.40. The Morgan fingerprint density at radius 3 is 2.28 bits per heavy atom. The lowest BCUT2D eigenvalue weighted by Crippen LogP contribution is -2.13. The minimum Gasteiger partial charge on any atom is -0.377 e. The van der Waals surface area contributed by atoms with Crippen LogP contribution in [0.5, 0.6) is 0 Å². The largest absolute Gasteiger partial charge is 0.377 e. The van der Waals surface area contributed by atoms with Crippen LogP contribution in [0.25, 0.3) is 32.4 Å². The normalized spacial score (nSPS) is 11.5.